The summed E-state index contributed by atoms with van der Waals surface area (Å²) in [6.45, 7) is 6.15. The summed E-state index contributed by atoms with van der Waals surface area (Å²) in [5.74, 6) is 1.23. The molecule has 2 atom stereocenters. The molecule has 3 aliphatic heterocycles. The van der Waals surface area contributed by atoms with Gasteiger partial charge in [-0.2, -0.15) is 5.10 Å². The maximum absolute atomic E-state index is 12.8. The molecule has 1 aromatic rings. The molecule has 0 unspecified atom stereocenters. The number of anilines is 1. The van der Waals surface area contributed by atoms with Crippen LogP contribution in [0.5, 0.6) is 0 Å². The summed E-state index contributed by atoms with van der Waals surface area (Å²) < 4.78 is 11.3. The van der Waals surface area contributed by atoms with Gasteiger partial charge < -0.3 is 19.3 Å². The van der Waals surface area contributed by atoms with Crippen molar-refractivity contribution in [1.29, 1.82) is 0 Å². The summed E-state index contributed by atoms with van der Waals surface area (Å²) in [5.41, 5.74) is 0.909. The largest absolute Gasteiger partial charge is 0.381 e. The molecule has 3 aliphatic rings. The number of amides is 1. The summed E-state index contributed by atoms with van der Waals surface area (Å²) in [4.78, 5) is 17.0. The van der Waals surface area contributed by atoms with E-state index in [-0.39, 0.29) is 24.0 Å². The fourth-order valence-corrected chi connectivity index (χ4v) is 3.90. The number of likely N-dealkylation sites (tertiary alicyclic amines) is 1. The lowest BCUT2D eigenvalue weighted by atomic mass is 9.99. The van der Waals surface area contributed by atoms with Crippen molar-refractivity contribution < 1.29 is 14.3 Å². The van der Waals surface area contributed by atoms with E-state index in [1.165, 1.54) is 0 Å². The van der Waals surface area contributed by atoms with E-state index in [4.69, 9.17) is 9.47 Å². The average Bonchev–Trinajstić information content (AvgIpc) is 3.07. The number of rotatable bonds is 2. The molecular formula is C17H24N4O3. The third-order valence-corrected chi connectivity index (χ3v) is 5.26. The van der Waals surface area contributed by atoms with Crippen molar-refractivity contribution in [2.75, 3.05) is 44.4 Å². The Hall–Kier alpha value is -1.73. The molecule has 1 aromatic heterocycles. The Labute approximate surface area is 141 Å². The number of ether oxygens (including phenoxy) is 2. The minimum atomic E-state index is 0.0608. The van der Waals surface area contributed by atoms with Crippen molar-refractivity contribution in [3.8, 4) is 0 Å². The number of morpholine rings is 1. The molecule has 1 amide bonds. The minimum Gasteiger partial charge on any atom is -0.381 e. The first kappa shape index (κ1) is 15.8. The van der Waals surface area contributed by atoms with Crippen LogP contribution in [-0.4, -0.2) is 72.6 Å². The first-order valence-electron chi connectivity index (χ1n) is 8.77. The first-order chi connectivity index (χ1) is 11.7. The van der Waals surface area contributed by atoms with E-state index in [0.717, 1.165) is 30.9 Å². The van der Waals surface area contributed by atoms with Gasteiger partial charge in [-0.25, -0.2) is 0 Å². The van der Waals surface area contributed by atoms with Crippen LogP contribution in [0.3, 0.4) is 0 Å². The fraction of sp³-hybridized carbons (Fsp3) is 0.706. The predicted octanol–water partition coefficient (Wildman–Crippen LogP) is 0.628. The van der Waals surface area contributed by atoms with Crippen LogP contribution < -0.4 is 4.90 Å². The number of aryl methyl sites for hydroxylation is 1. The van der Waals surface area contributed by atoms with Crippen LogP contribution in [0.25, 0.3) is 0 Å². The van der Waals surface area contributed by atoms with E-state index >= 15 is 0 Å². The Morgan fingerprint density at radius 1 is 1.17 bits per heavy atom. The normalized spacial score (nSPS) is 28.0. The topological polar surface area (TPSA) is 67.8 Å². The second-order valence-electron chi connectivity index (χ2n) is 6.83. The zero-order chi connectivity index (χ0) is 16.5. The molecule has 4 heterocycles. The quantitative estimate of drug-likeness (QED) is 0.791. The van der Waals surface area contributed by atoms with Crippen molar-refractivity contribution >= 4 is 11.7 Å². The predicted molar refractivity (Wildman–Crippen MR) is 87.8 cm³/mol. The lowest BCUT2D eigenvalue weighted by Crippen LogP contribution is -2.51. The number of carbonyl (C=O) groups is 1. The van der Waals surface area contributed by atoms with E-state index in [0.29, 0.717) is 32.9 Å². The van der Waals surface area contributed by atoms with E-state index in [1.54, 1.807) is 0 Å². The molecule has 0 saturated carbocycles. The standard InChI is InChI=1S/C17H24N4O3/c1-12-2-3-16(19-18-12)21-6-9-24-15-11-20(10-14(15)21)17(22)13-4-7-23-8-5-13/h2-3,13-15H,4-11H2,1H3/t14-,15+/m0/s1. The van der Waals surface area contributed by atoms with Crippen molar-refractivity contribution in [3.63, 3.8) is 0 Å². The summed E-state index contributed by atoms with van der Waals surface area (Å²) in [7, 11) is 0. The molecule has 0 N–H and O–H groups in total. The molecule has 0 radical (unpaired) electrons. The van der Waals surface area contributed by atoms with Crippen LogP contribution in [0.1, 0.15) is 18.5 Å². The van der Waals surface area contributed by atoms with Crippen LogP contribution in [-0.2, 0) is 14.3 Å². The Kier molecular flexibility index (Phi) is 4.37. The highest BCUT2D eigenvalue weighted by Gasteiger charge is 2.43. The lowest BCUT2D eigenvalue weighted by molar-refractivity contribution is -0.137. The number of nitrogens with zero attached hydrogens (tertiary/aromatic N) is 4. The van der Waals surface area contributed by atoms with Crippen molar-refractivity contribution in [2.45, 2.75) is 31.9 Å². The van der Waals surface area contributed by atoms with E-state index in [1.807, 2.05) is 24.0 Å². The zero-order valence-corrected chi connectivity index (χ0v) is 14.1. The van der Waals surface area contributed by atoms with Gasteiger partial charge in [-0.3, -0.25) is 4.79 Å². The van der Waals surface area contributed by atoms with E-state index in [2.05, 4.69) is 15.1 Å². The summed E-state index contributed by atoms with van der Waals surface area (Å²) >= 11 is 0. The van der Waals surface area contributed by atoms with Gasteiger partial charge in [0.25, 0.3) is 0 Å². The van der Waals surface area contributed by atoms with Crippen molar-refractivity contribution in [1.82, 2.24) is 15.1 Å². The Morgan fingerprint density at radius 3 is 2.75 bits per heavy atom. The summed E-state index contributed by atoms with van der Waals surface area (Å²) in [6.07, 6.45) is 1.72. The Morgan fingerprint density at radius 2 is 2.00 bits per heavy atom. The number of aromatic nitrogens is 2. The third kappa shape index (κ3) is 2.98. The molecule has 3 fully saturated rings. The van der Waals surface area contributed by atoms with Gasteiger partial charge in [0.15, 0.2) is 5.82 Å². The smallest absolute Gasteiger partial charge is 0.226 e. The molecular weight excluding hydrogens is 308 g/mol. The molecule has 0 spiro atoms. The van der Waals surface area contributed by atoms with Gasteiger partial charge in [0.1, 0.15) is 0 Å². The van der Waals surface area contributed by atoms with Gasteiger partial charge in [-0.15, -0.1) is 5.10 Å². The molecule has 0 aliphatic carbocycles. The second kappa shape index (κ2) is 6.64. The number of hydrogen-bond acceptors (Lipinski definition) is 6. The fourth-order valence-electron chi connectivity index (χ4n) is 3.90. The van der Waals surface area contributed by atoms with Crippen LogP contribution >= 0.6 is 0 Å². The molecule has 3 saturated heterocycles. The second-order valence-corrected chi connectivity index (χ2v) is 6.83. The van der Waals surface area contributed by atoms with Gasteiger partial charge >= 0.3 is 0 Å². The van der Waals surface area contributed by atoms with E-state index < -0.39 is 0 Å². The van der Waals surface area contributed by atoms with Crippen molar-refractivity contribution in [2.24, 2.45) is 5.92 Å². The first-order valence-corrected chi connectivity index (χ1v) is 8.77. The monoisotopic (exact) mass is 332 g/mol. The van der Waals surface area contributed by atoms with Gasteiger partial charge in [-0.05, 0) is 31.9 Å². The molecule has 130 valence electrons. The van der Waals surface area contributed by atoms with Crippen LogP contribution in [0.15, 0.2) is 12.1 Å². The lowest BCUT2D eigenvalue weighted by Gasteiger charge is -2.37. The summed E-state index contributed by atoms with van der Waals surface area (Å²) in [6, 6.07) is 4.15. The Bertz CT molecular complexity index is 588. The third-order valence-electron chi connectivity index (χ3n) is 5.26. The summed E-state index contributed by atoms with van der Waals surface area (Å²) in [5, 5.41) is 8.49. The molecule has 7 nitrogen and oxygen atoms in total. The SMILES string of the molecule is Cc1ccc(N2CCO[C@@H]3CN(C(=O)C4CCOCC4)C[C@@H]32)nn1. The maximum atomic E-state index is 12.8. The molecule has 0 bridgehead atoms. The molecule has 0 aromatic carbocycles. The highest BCUT2D eigenvalue weighted by atomic mass is 16.5. The number of hydrogen-bond donors (Lipinski definition) is 0. The highest BCUT2D eigenvalue weighted by molar-refractivity contribution is 5.79. The van der Waals surface area contributed by atoms with Gasteiger partial charge in [0.05, 0.1) is 24.4 Å². The van der Waals surface area contributed by atoms with Crippen LogP contribution in [0.4, 0.5) is 5.82 Å². The number of carbonyl (C=O) groups excluding carboxylic acids is 1. The van der Waals surface area contributed by atoms with E-state index in [9.17, 15) is 4.79 Å². The molecule has 7 heteroatoms. The Balaban J connectivity index is 1.47. The average molecular weight is 332 g/mol. The minimum absolute atomic E-state index is 0.0608. The van der Waals surface area contributed by atoms with Crippen molar-refractivity contribution in [3.05, 3.63) is 17.8 Å². The van der Waals surface area contributed by atoms with Gasteiger partial charge in [0, 0.05) is 38.8 Å². The van der Waals surface area contributed by atoms with Gasteiger partial charge in [0.2, 0.25) is 5.91 Å². The maximum Gasteiger partial charge on any atom is 0.226 e. The molecule has 4 rings (SSSR count). The molecule has 24 heavy (non-hydrogen) atoms. The van der Waals surface area contributed by atoms with Crippen LogP contribution in [0, 0.1) is 12.8 Å². The zero-order valence-electron chi connectivity index (χ0n) is 14.1. The van der Waals surface area contributed by atoms with Crippen LogP contribution in [0.2, 0.25) is 0 Å². The highest BCUT2D eigenvalue weighted by Crippen LogP contribution is 2.29. The van der Waals surface area contributed by atoms with Gasteiger partial charge in [-0.1, -0.05) is 0 Å². The number of fused-ring (bicyclic) bond motifs is 1.